The van der Waals surface area contributed by atoms with Crippen molar-refractivity contribution in [2.45, 2.75) is 0 Å². The van der Waals surface area contributed by atoms with Crippen LogP contribution < -0.4 is 15.2 Å². The molecule has 5 heteroatoms. The minimum Gasteiger partial charge on any atom is -0.497 e. The zero-order valence-electron chi connectivity index (χ0n) is 10.3. The number of nitrogens with two attached hydrogens (primary N) is 1. The molecule has 0 aliphatic carbocycles. The normalized spacial score (nSPS) is 10.0. The van der Waals surface area contributed by atoms with Gasteiger partial charge in [-0.3, -0.25) is 5.41 Å². The van der Waals surface area contributed by atoms with Crippen LogP contribution in [0.25, 0.3) is 0 Å². The van der Waals surface area contributed by atoms with E-state index >= 15 is 0 Å². The third kappa shape index (κ3) is 2.98. The average molecular weight is 277 g/mol. The first-order chi connectivity index (χ1) is 9.11. The molecule has 0 saturated carbocycles. The van der Waals surface area contributed by atoms with Gasteiger partial charge < -0.3 is 15.2 Å². The van der Waals surface area contributed by atoms with Gasteiger partial charge in [0, 0.05) is 0 Å². The lowest BCUT2D eigenvalue weighted by atomic mass is 10.2. The van der Waals surface area contributed by atoms with Gasteiger partial charge in [-0.25, -0.2) is 0 Å². The van der Waals surface area contributed by atoms with Gasteiger partial charge in [0.25, 0.3) is 0 Å². The SMILES string of the molecule is COc1ccc(Oc2cccc(Cl)c2C(=N)N)cc1. The van der Waals surface area contributed by atoms with Crippen LogP contribution in [-0.2, 0) is 0 Å². The lowest BCUT2D eigenvalue weighted by Gasteiger charge is -2.11. The van der Waals surface area contributed by atoms with Crippen LogP contribution in [0.5, 0.6) is 17.2 Å². The van der Waals surface area contributed by atoms with E-state index in [4.69, 9.17) is 32.2 Å². The van der Waals surface area contributed by atoms with Crippen molar-refractivity contribution in [2.75, 3.05) is 7.11 Å². The van der Waals surface area contributed by atoms with E-state index in [2.05, 4.69) is 0 Å². The van der Waals surface area contributed by atoms with Crippen molar-refractivity contribution >= 4 is 17.4 Å². The summed E-state index contributed by atoms with van der Waals surface area (Å²) in [6.45, 7) is 0. The molecule has 0 radical (unpaired) electrons. The third-order valence-electron chi connectivity index (χ3n) is 2.53. The van der Waals surface area contributed by atoms with Crippen LogP contribution in [0.4, 0.5) is 0 Å². The van der Waals surface area contributed by atoms with Gasteiger partial charge in [-0.05, 0) is 36.4 Å². The number of hydrogen-bond donors (Lipinski definition) is 2. The van der Waals surface area contributed by atoms with Gasteiger partial charge in [0.05, 0.1) is 17.7 Å². The van der Waals surface area contributed by atoms with Gasteiger partial charge in [0.15, 0.2) is 0 Å². The zero-order valence-corrected chi connectivity index (χ0v) is 11.1. The number of rotatable bonds is 4. The molecule has 0 fully saturated rings. The first kappa shape index (κ1) is 13.2. The number of benzene rings is 2. The molecule has 0 bridgehead atoms. The van der Waals surface area contributed by atoms with Crippen LogP contribution in [0.2, 0.25) is 5.02 Å². The van der Waals surface area contributed by atoms with Crippen LogP contribution >= 0.6 is 11.6 Å². The van der Waals surface area contributed by atoms with Crippen molar-refractivity contribution in [3.8, 4) is 17.2 Å². The molecule has 2 aromatic rings. The van der Waals surface area contributed by atoms with Gasteiger partial charge >= 0.3 is 0 Å². The van der Waals surface area contributed by atoms with Crippen LogP contribution in [0.1, 0.15) is 5.56 Å². The van der Waals surface area contributed by atoms with Crippen molar-refractivity contribution in [1.82, 2.24) is 0 Å². The molecule has 0 atom stereocenters. The highest BCUT2D eigenvalue weighted by atomic mass is 35.5. The quantitative estimate of drug-likeness (QED) is 0.664. The Labute approximate surface area is 116 Å². The molecule has 19 heavy (non-hydrogen) atoms. The molecule has 2 aromatic carbocycles. The Balaban J connectivity index is 2.32. The summed E-state index contributed by atoms with van der Waals surface area (Å²) in [5.41, 5.74) is 5.90. The zero-order chi connectivity index (χ0) is 13.8. The maximum absolute atomic E-state index is 7.54. The van der Waals surface area contributed by atoms with E-state index in [1.54, 1.807) is 49.6 Å². The molecule has 0 heterocycles. The molecule has 0 aliphatic rings. The molecule has 0 unspecified atom stereocenters. The van der Waals surface area contributed by atoms with Crippen molar-refractivity contribution < 1.29 is 9.47 Å². The van der Waals surface area contributed by atoms with Crippen LogP contribution in [0.15, 0.2) is 42.5 Å². The van der Waals surface area contributed by atoms with Crippen molar-refractivity contribution in [2.24, 2.45) is 5.73 Å². The topological polar surface area (TPSA) is 68.3 Å². The number of ether oxygens (including phenoxy) is 2. The fourth-order valence-electron chi connectivity index (χ4n) is 1.62. The minimum atomic E-state index is -0.130. The van der Waals surface area contributed by atoms with Gasteiger partial charge in [0.2, 0.25) is 0 Å². The maximum atomic E-state index is 7.54. The monoisotopic (exact) mass is 276 g/mol. The summed E-state index contributed by atoms with van der Waals surface area (Å²) in [5, 5.41) is 7.93. The molecule has 2 rings (SSSR count). The number of nitrogens with one attached hydrogen (secondary N) is 1. The molecule has 4 nitrogen and oxygen atoms in total. The molecule has 98 valence electrons. The molecular formula is C14H13ClN2O2. The number of amidine groups is 1. The Hall–Kier alpha value is -2.20. The lowest BCUT2D eigenvalue weighted by molar-refractivity contribution is 0.413. The first-order valence-corrected chi connectivity index (χ1v) is 5.94. The summed E-state index contributed by atoms with van der Waals surface area (Å²) in [5.74, 6) is 1.68. The maximum Gasteiger partial charge on any atom is 0.139 e. The molecule has 0 aliphatic heterocycles. The van der Waals surface area contributed by atoms with Gasteiger partial charge in [-0.2, -0.15) is 0 Å². The Morgan fingerprint density at radius 3 is 2.32 bits per heavy atom. The molecule has 0 aromatic heterocycles. The first-order valence-electron chi connectivity index (χ1n) is 5.56. The van der Waals surface area contributed by atoms with E-state index in [-0.39, 0.29) is 5.84 Å². The number of hydrogen-bond acceptors (Lipinski definition) is 3. The van der Waals surface area contributed by atoms with Crippen LogP contribution in [0.3, 0.4) is 0 Å². The number of methoxy groups -OCH3 is 1. The number of nitrogen functional groups attached to an aromatic ring is 1. The second kappa shape index (κ2) is 5.63. The summed E-state index contributed by atoms with van der Waals surface area (Å²) >= 11 is 6.02. The summed E-state index contributed by atoms with van der Waals surface area (Å²) in [6, 6.07) is 12.2. The Morgan fingerprint density at radius 2 is 1.74 bits per heavy atom. The lowest BCUT2D eigenvalue weighted by Crippen LogP contribution is -2.13. The summed E-state index contributed by atoms with van der Waals surface area (Å²) in [7, 11) is 1.60. The Kier molecular flexibility index (Phi) is 3.92. The summed E-state index contributed by atoms with van der Waals surface area (Å²) < 4.78 is 10.8. The van der Waals surface area contributed by atoms with E-state index in [1.165, 1.54) is 0 Å². The largest absolute Gasteiger partial charge is 0.497 e. The Morgan fingerprint density at radius 1 is 1.11 bits per heavy atom. The standard InChI is InChI=1S/C14H13ClN2O2/c1-18-9-5-7-10(8-6-9)19-12-4-2-3-11(15)13(12)14(16)17/h2-8H,1H3,(H3,16,17). The molecular weight excluding hydrogens is 264 g/mol. The fraction of sp³-hybridized carbons (Fsp3) is 0.0714. The van der Waals surface area contributed by atoms with E-state index in [9.17, 15) is 0 Å². The van der Waals surface area contributed by atoms with Crippen LogP contribution in [-0.4, -0.2) is 12.9 Å². The molecule has 0 spiro atoms. The van der Waals surface area contributed by atoms with Crippen LogP contribution in [0, 0.1) is 5.41 Å². The minimum absolute atomic E-state index is 0.130. The summed E-state index contributed by atoms with van der Waals surface area (Å²) in [4.78, 5) is 0. The van der Waals surface area contributed by atoms with E-state index < -0.39 is 0 Å². The second-order valence-electron chi connectivity index (χ2n) is 3.80. The van der Waals surface area contributed by atoms with E-state index in [0.717, 1.165) is 5.75 Å². The van der Waals surface area contributed by atoms with Crippen molar-refractivity contribution in [3.63, 3.8) is 0 Å². The van der Waals surface area contributed by atoms with Gasteiger partial charge in [-0.15, -0.1) is 0 Å². The fourth-order valence-corrected chi connectivity index (χ4v) is 1.89. The van der Waals surface area contributed by atoms with Crippen molar-refractivity contribution in [3.05, 3.63) is 53.1 Å². The predicted molar refractivity (Wildman–Crippen MR) is 75.5 cm³/mol. The molecule has 0 saturated heterocycles. The van der Waals surface area contributed by atoms with E-state index in [0.29, 0.717) is 22.1 Å². The smallest absolute Gasteiger partial charge is 0.139 e. The Bertz CT molecular complexity index is 597. The second-order valence-corrected chi connectivity index (χ2v) is 4.21. The molecule has 0 amide bonds. The third-order valence-corrected chi connectivity index (χ3v) is 2.85. The predicted octanol–water partition coefficient (Wildman–Crippen LogP) is 3.42. The van der Waals surface area contributed by atoms with Gasteiger partial charge in [-0.1, -0.05) is 17.7 Å². The highest BCUT2D eigenvalue weighted by Crippen LogP contribution is 2.30. The van der Waals surface area contributed by atoms with E-state index in [1.807, 2.05) is 0 Å². The van der Waals surface area contributed by atoms with Gasteiger partial charge in [0.1, 0.15) is 23.1 Å². The number of halogens is 1. The summed E-state index contributed by atoms with van der Waals surface area (Å²) in [6.07, 6.45) is 0. The highest BCUT2D eigenvalue weighted by molar-refractivity contribution is 6.34. The molecule has 3 N–H and O–H groups in total. The average Bonchev–Trinajstić information content (AvgIpc) is 2.39. The van der Waals surface area contributed by atoms with Crippen molar-refractivity contribution in [1.29, 1.82) is 5.41 Å². The highest BCUT2D eigenvalue weighted by Gasteiger charge is 2.11.